The number of hydrogen-bond acceptors (Lipinski definition) is 4. The monoisotopic (exact) mass is 275 g/mol. The van der Waals surface area contributed by atoms with Crippen molar-refractivity contribution in [2.75, 3.05) is 6.54 Å². The molecule has 2 aromatic rings. The first-order chi connectivity index (χ1) is 9.33. The number of nitrogens with one attached hydrogen (secondary N) is 1. The Labute approximate surface area is 119 Å². The second-order valence-corrected chi connectivity index (χ2v) is 5.54. The minimum Gasteiger partial charge on any atom is -0.309 e. The predicted molar refractivity (Wildman–Crippen MR) is 80.5 cm³/mol. The first-order valence-electron chi connectivity index (χ1n) is 6.89. The van der Waals surface area contributed by atoms with E-state index >= 15 is 0 Å². The van der Waals surface area contributed by atoms with Crippen molar-refractivity contribution in [2.24, 2.45) is 0 Å². The van der Waals surface area contributed by atoms with Gasteiger partial charge >= 0.3 is 0 Å². The normalized spacial score (nSPS) is 12.5. The van der Waals surface area contributed by atoms with Gasteiger partial charge in [0, 0.05) is 35.4 Å². The van der Waals surface area contributed by atoms with Crippen molar-refractivity contribution >= 4 is 11.3 Å². The summed E-state index contributed by atoms with van der Waals surface area (Å²) < 4.78 is 0. The molecular weight excluding hydrogens is 254 g/mol. The average molecular weight is 275 g/mol. The highest BCUT2D eigenvalue weighted by Gasteiger charge is 2.13. The van der Waals surface area contributed by atoms with Crippen molar-refractivity contribution in [1.82, 2.24) is 15.3 Å². The minimum absolute atomic E-state index is 0.326. The molecule has 0 bridgehead atoms. The first-order valence-corrected chi connectivity index (χ1v) is 7.77. The summed E-state index contributed by atoms with van der Waals surface area (Å²) in [6.45, 7) is 5.36. The summed E-state index contributed by atoms with van der Waals surface area (Å²) in [7, 11) is 0. The Balaban J connectivity index is 2.06. The molecule has 0 radical (unpaired) electrons. The topological polar surface area (TPSA) is 37.8 Å². The van der Waals surface area contributed by atoms with Crippen molar-refractivity contribution in [1.29, 1.82) is 0 Å². The van der Waals surface area contributed by atoms with Crippen molar-refractivity contribution in [3.63, 3.8) is 0 Å². The van der Waals surface area contributed by atoms with E-state index in [1.165, 1.54) is 10.4 Å². The van der Waals surface area contributed by atoms with Gasteiger partial charge in [0.15, 0.2) is 0 Å². The number of aryl methyl sites for hydroxylation is 1. The average Bonchev–Trinajstić information content (AvgIpc) is 2.98. The molecule has 0 aromatic carbocycles. The van der Waals surface area contributed by atoms with Gasteiger partial charge in [-0.3, -0.25) is 9.97 Å². The van der Waals surface area contributed by atoms with Crippen LogP contribution in [0, 0.1) is 0 Å². The molecule has 0 aliphatic rings. The summed E-state index contributed by atoms with van der Waals surface area (Å²) in [5.74, 6) is 0. The second kappa shape index (κ2) is 7.36. The van der Waals surface area contributed by atoms with Gasteiger partial charge in [-0.2, -0.15) is 0 Å². The van der Waals surface area contributed by atoms with Gasteiger partial charge in [-0.15, -0.1) is 11.3 Å². The molecule has 0 spiro atoms. The molecule has 2 aromatic heterocycles. The highest BCUT2D eigenvalue weighted by Crippen LogP contribution is 2.21. The summed E-state index contributed by atoms with van der Waals surface area (Å²) in [5, 5.41) is 3.58. The zero-order valence-electron chi connectivity index (χ0n) is 11.6. The molecule has 1 atom stereocenters. The van der Waals surface area contributed by atoms with Crippen LogP contribution >= 0.6 is 11.3 Å². The third kappa shape index (κ3) is 4.11. The van der Waals surface area contributed by atoms with E-state index in [0.29, 0.717) is 6.04 Å². The van der Waals surface area contributed by atoms with Gasteiger partial charge in [-0.25, -0.2) is 0 Å². The summed E-state index contributed by atoms with van der Waals surface area (Å²) in [4.78, 5) is 10.0. The second-order valence-electron chi connectivity index (χ2n) is 4.63. The number of hydrogen-bond donors (Lipinski definition) is 1. The van der Waals surface area contributed by atoms with Crippen LogP contribution in [0.2, 0.25) is 0 Å². The zero-order chi connectivity index (χ0) is 13.5. The molecule has 2 rings (SSSR count). The van der Waals surface area contributed by atoms with Gasteiger partial charge in [0.2, 0.25) is 0 Å². The number of pyridine rings is 1. The maximum absolute atomic E-state index is 4.55. The molecule has 2 heterocycles. The number of rotatable bonds is 7. The highest BCUT2D eigenvalue weighted by atomic mass is 32.1. The number of nitrogens with zero attached hydrogens (tertiary/aromatic N) is 2. The Morgan fingerprint density at radius 1 is 1.26 bits per heavy atom. The maximum Gasteiger partial charge on any atom is 0.0794 e. The Bertz CT molecular complexity index is 465. The fourth-order valence-electron chi connectivity index (χ4n) is 1.98. The first kappa shape index (κ1) is 14.2. The molecule has 0 amide bonds. The lowest BCUT2D eigenvalue weighted by Gasteiger charge is -2.16. The Kier molecular flexibility index (Phi) is 5.48. The summed E-state index contributed by atoms with van der Waals surface area (Å²) >= 11 is 1.71. The van der Waals surface area contributed by atoms with Gasteiger partial charge in [0.25, 0.3) is 0 Å². The van der Waals surface area contributed by atoms with Crippen LogP contribution in [-0.4, -0.2) is 16.5 Å². The molecule has 102 valence electrons. The van der Waals surface area contributed by atoms with Crippen LogP contribution in [-0.2, 0) is 12.8 Å². The SMILES string of the molecule is CCCNC(Cc1ccc(CC)cn1)c1cncs1. The molecular formula is C15H21N3S. The van der Waals surface area contributed by atoms with E-state index in [1.807, 2.05) is 17.9 Å². The van der Waals surface area contributed by atoms with Crippen molar-refractivity contribution in [3.05, 3.63) is 46.2 Å². The van der Waals surface area contributed by atoms with Crippen LogP contribution in [0.25, 0.3) is 0 Å². The smallest absolute Gasteiger partial charge is 0.0794 e. The Morgan fingerprint density at radius 2 is 2.16 bits per heavy atom. The van der Waals surface area contributed by atoms with Crippen LogP contribution in [0.3, 0.4) is 0 Å². The lowest BCUT2D eigenvalue weighted by atomic mass is 10.1. The van der Waals surface area contributed by atoms with Gasteiger partial charge in [-0.1, -0.05) is 19.9 Å². The number of thiazole rings is 1. The van der Waals surface area contributed by atoms with Gasteiger partial charge in [0.1, 0.15) is 0 Å². The predicted octanol–water partition coefficient (Wildman–Crippen LogP) is 3.38. The van der Waals surface area contributed by atoms with E-state index in [0.717, 1.165) is 31.5 Å². The van der Waals surface area contributed by atoms with Crippen molar-refractivity contribution in [3.8, 4) is 0 Å². The highest BCUT2D eigenvalue weighted by molar-refractivity contribution is 7.09. The van der Waals surface area contributed by atoms with E-state index in [4.69, 9.17) is 0 Å². The summed E-state index contributed by atoms with van der Waals surface area (Å²) in [5.41, 5.74) is 4.32. The molecule has 4 heteroatoms. The zero-order valence-corrected chi connectivity index (χ0v) is 12.4. The van der Waals surface area contributed by atoms with Gasteiger partial charge in [0.05, 0.1) is 5.51 Å². The summed E-state index contributed by atoms with van der Waals surface area (Å²) in [6.07, 6.45) is 7.04. The molecule has 0 aliphatic heterocycles. The third-order valence-corrected chi connectivity index (χ3v) is 4.03. The van der Waals surface area contributed by atoms with Crippen molar-refractivity contribution in [2.45, 2.75) is 39.2 Å². The van der Waals surface area contributed by atoms with Crippen molar-refractivity contribution < 1.29 is 0 Å². The van der Waals surface area contributed by atoms with Crippen LogP contribution in [0.15, 0.2) is 30.0 Å². The van der Waals surface area contributed by atoms with E-state index in [9.17, 15) is 0 Å². The van der Waals surface area contributed by atoms with E-state index in [-0.39, 0.29) is 0 Å². The van der Waals surface area contributed by atoms with E-state index < -0.39 is 0 Å². The van der Waals surface area contributed by atoms with Crippen LogP contribution in [0.5, 0.6) is 0 Å². The minimum atomic E-state index is 0.326. The number of aromatic nitrogens is 2. The third-order valence-electron chi connectivity index (χ3n) is 3.14. The molecule has 1 unspecified atom stereocenters. The quantitative estimate of drug-likeness (QED) is 0.841. The fraction of sp³-hybridized carbons (Fsp3) is 0.467. The van der Waals surface area contributed by atoms with Gasteiger partial charge < -0.3 is 5.32 Å². The van der Waals surface area contributed by atoms with Crippen LogP contribution < -0.4 is 5.32 Å². The van der Waals surface area contributed by atoms with E-state index in [2.05, 4.69) is 41.3 Å². The summed E-state index contributed by atoms with van der Waals surface area (Å²) in [6, 6.07) is 4.64. The molecule has 0 saturated heterocycles. The molecule has 3 nitrogen and oxygen atoms in total. The molecule has 0 fully saturated rings. The van der Waals surface area contributed by atoms with Crippen LogP contribution in [0.1, 0.15) is 42.4 Å². The molecule has 0 aliphatic carbocycles. The Morgan fingerprint density at radius 3 is 2.74 bits per heavy atom. The largest absolute Gasteiger partial charge is 0.309 e. The maximum atomic E-state index is 4.55. The molecule has 19 heavy (non-hydrogen) atoms. The lowest BCUT2D eigenvalue weighted by molar-refractivity contribution is 0.531. The molecule has 1 N–H and O–H groups in total. The lowest BCUT2D eigenvalue weighted by Crippen LogP contribution is -2.23. The van der Waals surface area contributed by atoms with Gasteiger partial charge in [-0.05, 0) is 31.0 Å². The fourth-order valence-corrected chi connectivity index (χ4v) is 2.68. The Hall–Kier alpha value is -1.26. The molecule has 0 saturated carbocycles. The van der Waals surface area contributed by atoms with E-state index in [1.54, 1.807) is 11.3 Å². The van der Waals surface area contributed by atoms with Crippen LogP contribution in [0.4, 0.5) is 0 Å². The standard InChI is InChI=1S/C15H21N3S/c1-3-7-17-14(15-10-16-11-19-15)8-13-6-5-12(4-2)9-18-13/h5-6,9-11,14,17H,3-4,7-8H2,1-2H3.